The number of halogens is 1. The zero-order chi connectivity index (χ0) is 10.8. The first-order chi connectivity index (χ1) is 7.18. The minimum Gasteiger partial charge on any atom is -0.391 e. The van der Waals surface area contributed by atoms with Crippen LogP contribution in [0.3, 0.4) is 0 Å². The van der Waals surface area contributed by atoms with E-state index in [1.54, 1.807) is 23.2 Å². The standard InChI is InChI=1S/C10H11BrN2O2/c11-9-8(2-1-4-12-9)10(15)13-5-3-7(14)6-13/h1-2,4,7,14H,3,5-6H2. The van der Waals surface area contributed by atoms with Crippen LogP contribution < -0.4 is 0 Å². The Morgan fingerprint density at radius 3 is 3.07 bits per heavy atom. The average molecular weight is 271 g/mol. The smallest absolute Gasteiger partial charge is 0.256 e. The number of amides is 1. The Morgan fingerprint density at radius 1 is 1.67 bits per heavy atom. The summed E-state index contributed by atoms with van der Waals surface area (Å²) in [5.41, 5.74) is 0.548. The first-order valence-corrected chi connectivity index (χ1v) is 5.55. The molecule has 1 aromatic rings. The first kappa shape index (κ1) is 10.6. The third-order valence-electron chi connectivity index (χ3n) is 2.44. The summed E-state index contributed by atoms with van der Waals surface area (Å²) in [5.74, 6) is -0.0773. The molecule has 2 heterocycles. The number of hydrogen-bond acceptors (Lipinski definition) is 3. The van der Waals surface area contributed by atoms with E-state index in [9.17, 15) is 9.90 Å². The average Bonchev–Trinajstić information content (AvgIpc) is 2.65. The van der Waals surface area contributed by atoms with Crippen LogP contribution in [0.15, 0.2) is 22.9 Å². The molecule has 1 aromatic heterocycles. The Labute approximate surface area is 96.1 Å². The molecular formula is C10H11BrN2O2. The van der Waals surface area contributed by atoms with Crippen molar-refractivity contribution < 1.29 is 9.90 Å². The highest BCUT2D eigenvalue weighted by molar-refractivity contribution is 9.10. The summed E-state index contributed by atoms with van der Waals surface area (Å²) in [6, 6.07) is 3.45. The van der Waals surface area contributed by atoms with Gasteiger partial charge in [0.15, 0.2) is 0 Å². The molecule has 0 radical (unpaired) electrons. The molecule has 1 fully saturated rings. The van der Waals surface area contributed by atoms with Gasteiger partial charge in [-0.05, 0) is 34.5 Å². The minimum absolute atomic E-state index is 0.0773. The maximum absolute atomic E-state index is 12.0. The number of rotatable bonds is 1. The quantitative estimate of drug-likeness (QED) is 0.777. The lowest BCUT2D eigenvalue weighted by Crippen LogP contribution is -2.29. The maximum atomic E-state index is 12.0. The van der Waals surface area contributed by atoms with E-state index < -0.39 is 0 Å². The summed E-state index contributed by atoms with van der Waals surface area (Å²) < 4.78 is 0.552. The molecule has 1 amide bonds. The lowest BCUT2D eigenvalue weighted by atomic mass is 10.2. The predicted molar refractivity (Wildman–Crippen MR) is 58.5 cm³/mol. The number of aliphatic hydroxyl groups is 1. The molecule has 1 aliphatic rings. The second-order valence-corrected chi connectivity index (χ2v) is 4.29. The highest BCUT2D eigenvalue weighted by atomic mass is 79.9. The number of pyridine rings is 1. The molecule has 80 valence electrons. The van der Waals surface area contributed by atoms with Crippen molar-refractivity contribution in [3.05, 3.63) is 28.5 Å². The highest BCUT2D eigenvalue weighted by Crippen LogP contribution is 2.18. The predicted octanol–water partition coefficient (Wildman–Crippen LogP) is 1.05. The van der Waals surface area contributed by atoms with E-state index >= 15 is 0 Å². The summed E-state index contributed by atoms with van der Waals surface area (Å²) in [6.07, 6.45) is 1.90. The van der Waals surface area contributed by atoms with Crippen LogP contribution in [0.5, 0.6) is 0 Å². The Hall–Kier alpha value is -0.940. The maximum Gasteiger partial charge on any atom is 0.256 e. The molecule has 0 spiro atoms. The highest BCUT2D eigenvalue weighted by Gasteiger charge is 2.26. The van der Waals surface area contributed by atoms with Crippen molar-refractivity contribution in [2.24, 2.45) is 0 Å². The normalized spacial score (nSPS) is 20.7. The zero-order valence-electron chi connectivity index (χ0n) is 8.06. The SMILES string of the molecule is O=C(c1cccnc1Br)N1CCC(O)C1. The molecule has 1 unspecified atom stereocenters. The largest absolute Gasteiger partial charge is 0.391 e. The van der Waals surface area contributed by atoms with E-state index in [-0.39, 0.29) is 12.0 Å². The van der Waals surface area contributed by atoms with Crippen LogP contribution in [0.25, 0.3) is 0 Å². The third kappa shape index (κ3) is 2.18. The zero-order valence-corrected chi connectivity index (χ0v) is 9.64. The van der Waals surface area contributed by atoms with Crippen molar-refractivity contribution in [2.45, 2.75) is 12.5 Å². The fraction of sp³-hybridized carbons (Fsp3) is 0.400. The van der Waals surface area contributed by atoms with Gasteiger partial charge < -0.3 is 10.0 Å². The lowest BCUT2D eigenvalue weighted by molar-refractivity contribution is 0.0763. The molecule has 2 rings (SSSR count). The van der Waals surface area contributed by atoms with Gasteiger partial charge in [0.25, 0.3) is 5.91 Å². The topological polar surface area (TPSA) is 53.4 Å². The van der Waals surface area contributed by atoms with Crippen LogP contribution in [0, 0.1) is 0 Å². The van der Waals surface area contributed by atoms with Gasteiger partial charge in [0.05, 0.1) is 11.7 Å². The summed E-state index contributed by atoms with van der Waals surface area (Å²) in [4.78, 5) is 17.6. The number of likely N-dealkylation sites (tertiary alicyclic amines) is 1. The Balaban J connectivity index is 2.18. The van der Waals surface area contributed by atoms with Crippen LogP contribution in [0.1, 0.15) is 16.8 Å². The van der Waals surface area contributed by atoms with Gasteiger partial charge in [-0.25, -0.2) is 4.98 Å². The summed E-state index contributed by atoms with van der Waals surface area (Å²) >= 11 is 3.24. The second kappa shape index (κ2) is 4.28. The summed E-state index contributed by atoms with van der Waals surface area (Å²) in [5, 5.41) is 9.34. The van der Waals surface area contributed by atoms with E-state index in [2.05, 4.69) is 20.9 Å². The van der Waals surface area contributed by atoms with E-state index in [4.69, 9.17) is 0 Å². The number of β-amino-alcohol motifs (C(OH)–C–C–N with tert-alkyl or cyclic N) is 1. The number of carbonyl (C=O) groups excluding carboxylic acids is 1. The molecule has 1 saturated heterocycles. The van der Waals surface area contributed by atoms with E-state index in [0.29, 0.717) is 29.7 Å². The molecular weight excluding hydrogens is 260 g/mol. The molecule has 1 atom stereocenters. The van der Waals surface area contributed by atoms with Crippen molar-refractivity contribution in [3.8, 4) is 0 Å². The summed E-state index contributed by atoms with van der Waals surface area (Å²) in [7, 11) is 0. The van der Waals surface area contributed by atoms with Gasteiger partial charge in [-0.2, -0.15) is 0 Å². The molecule has 1 N–H and O–H groups in total. The number of aromatic nitrogens is 1. The van der Waals surface area contributed by atoms with Gasteiger partial charge in [0.1, 0.15) is 4.60 Å². The first-order valence-electron chi connectivity index (χ1n) is 4.76. The van der Waals surface area contributed by atoms with Crippen LogP contribution in [-0.4, -0.2) is 40.1 Å². The third-order valence-corrected chi connectivity index (χ3v) is 3.07. The van der Waals surface area contributed by atoms with Crippen LogP contribution >= 0.6 is 15.9 Å². The Kier molecular flexibility index (Phi) is 3.02. The number of aliphatic hydroxyl groups excluding tert-OH is 1. The van der Waals surface area contributed by atoms with Crippen molar-refractivity contribution in [3.63, 3.8) is 0 Å². The van der Waals surface area contributed by atoms with Gasteiger partial charge in [-0.1, -0.05) is 0 Å². The fourth-order valence-corrected chi connectivity index (χ4v) is 2.06. The fourth-order valence-electron chi connectivity index (χ4n) is 1.64. The van der Waals surface area contributed by atoms with Crippen molar-refractivity contribution in [2.75, 3.05) is 13.1 Å². The monoisotopic (exact) mass is 270 g/mol. The van der Waals surface area contributed by atoms with Gasteiger partial charge >= 0.3 is 0 Å². The molecule has 5 heteroatoms. The molecule has 15 heavy (non-hydrogen) atoms. The van der Waals surface area contributed by atoms with E-state index in [0.717, 1.165) is 0 Å². The number of nitrogens with zero attached hydrogens (tertiary/aromatic N) is 2. The van der Waals surface area contributed by atoms with Gasteiger partial charge in [-0.15, -0.1) is 0 Å². The van der Waals surface area contributed by atoms with Crippen molar-refractivity contribution in [1.29, 1.82) is 0 Å². The lowest BCUT2D eigenvalue weighted by Gasteiger charge is -2.15. The number of carbonyl (C=O) groups is 1. The second-order valence-electron chi connectivity index (χ2n) is 3.54. The Morgan fingerprint density at radius 2 is 2.47 bits per heavy atom. The van der Waals surface area contributed by atoms with Crippen molar-refractivity contribution >= 4 is 21.8 Å². The van der Waals surface area contributed by atoms with Gasteiger partial charge in [0, 0.05) is 19.3 Å². The number of hydrogen-bond donors (Lipinski definition) is 1. The van der Waals surface area contributed by atoms with Crippen LogP contribution in [0.4, 0.5) is 0 Å². The molecule has 0 aliphatic carbocycles. The van der Waals surface area contributed by atoms with Gasteiger partial charge in [0.2, 0.25) is 0 Å². The molecule has 4 nitrogen and oxygen atoms in total. The van der Waals surface area contributed by atoms with Crippen LogP contribution in [0.2, 0.25) is 0 Å². The van der Waals surface area contributed by atoms with Crippen LogP contribution in [-0.2, 0) is 0 Å². The van der Waals surface area contributed by atoms with Crippen molar-refractivity contribution in [1.82, 2.24) is 9.88 Å². The molecule has 1 aliphatic heterocycles. The molecule has 0 saturated carbocycles. The van der Waals surface area contributed by atoms with E-state index in [1.165, 1.54) is 0 Å². The Bertz CT molecular complexity index is 383. The summed E-state index contributed by atoms with van der Waals surface area (Å²) in [6.45, 7) is 1.03. The van der Waals surface area contributed by atoms with Gasteiger partial charge in [-0.3, -0.25) is 4.79 Å². The molecule has 0 bridgehead atoms. The minimum atomic E-state index is -0.385. The van der Waals surface area contributed by atoms with E-state index in [1.807, 2.05) is 0 Å². The molecule has 0 aromatic carbocycles.